The summed E-state index contributed by atoms with van der Waals surface area (Å²) in [7, 11) is 0. The van der Waals surface area contributed by atoms with Crippen LogP contribution in [0, 0.1) is 0 Å². The van der Waals surface area contributed by atoms with Crippen molar-refractivity contribution in [2.45, 2.75) is 6.92 Å². The van der Waals surface area contributed by atoms with Gasteiger partial charge in [-0.1, -0.05) is 18.3 Å². The van der Waals surface area contributed by atoms with Crippen LogP contribution < -0.4 is 10.1 Å². The van der Waals surface area contributed by atoms with Crippen molar-refractivity contribution < 1.29 is 14.6 Å². The summed E-state index contributed by atoms with van der Waals surface area (Å²) in [5, 5.41) is 12.0. The molecule has 1 aromatic carbocycles. The quantitative estimate of drug-likeness (QED) is 0.659. The third-order valence-corrected chi connectivity index (χ3v) is 3.50. The van der Waals surface area contributed by atoms with E-state index in [1.807, 2.05) is 6.92 Å². The molecule has 6 heteroatoms. The summed E-state index contributed by atoms with van der Waals surface area (Å²) in [5.74, 6) is 0.509. The van der Waals surface area contributed by atoms with E-state index in [1.165, 1.54) is 0 Å². The lowest BCUT2D eigenvalue weighted by molar-refractivity contribution is 0.265. The standard InChI is InChI=1S/C12H11NO3S2/c1-2-16-9-5-7(3-4-8(9)14)6-10-11(17)13-12(15)18-10/h3-6,14H,2H2,1H3,(H,13,15,17). The Bertz CT molecular complexity index is 540. The molecule has 2 N–H and O–H groups in total. The number of hydrogen-bond donors (Lipinski definition) is 2. The van der Waals surface area contributed by atoms with Crippen molar-refractivity contribution in [2.24, 2.45) is 0 Å². The van der Waals surface area contributed by atoms with E-state index >= 15 is 0 Å². The van der Waals surface area contributed by atoms with Crippen LogP contribution >= 0.6 is 24.0 Å². The van der Waals surface area contributed by atoms with Crippen LogP contribution in [-0.4, -0.2) is 21.9 Å². The number of phenolic OH excluding ortho intramolecular Hbond substituents is 1. The van der Waals surface area contributed by atoms with Crippen molar-refractivity contribution >= 4 is 40.3 Å². The molecule has 1 amide bonds. The Morgan fingerprint density at radius 1 is 1.56 bits per heavy atom. The van der Waals surface area contributed by atoms with Crippen LogP contribution in [-0.2, 0) is 0 Å². The van der Waals surface area contributed by atoms with Crippen LogP contribution in [0.3, 0.4) is 0 Å². The van der Waals surface area contributed by atoms with Crippen molar-refractivity contribution in [3.63, 3.8) is 0 Å². The zero-order valence-corrected chi connectivity index (χ0v) is 11.2. The van der Waals surface area contributed by atoms with Gasteiger partial charge in [0.05, 0.1) is 11.5 Å². The Labute approximate surface area is 114 Å². The maximum atomic E-state index is 11.1. The molecule has 0 bridgehead atoms. The molecule has 94 valence electrons. The molecule has 1 fully saturated rings. The van der Waals surface area contributed by atoms with Crippen molar-refractivity contribution in [3.8, 4) is 11.5 Å². The van der Waals surface area contributed by atoms with E-state index in [1.54, 1.807) is 24.3 Å². The average molecular weight is 281 g/mol. The van der Waals surface area contributed by atoms with Gasteiger partial charge in [0.15, 0.2) is 11.5 Å². The fourth-order valence-corrected chi connectivity index (χ4v) is 2.50. The van der Waals surface area contributed by atoms with Gasteiger partial charge in [-0.25, -0.2) is 0 Å². The maximum absolute atomic E-state index is 11.1. The smallest absolute Gasteiger partial charge is 0.289 e. The van der Waals surface area contributed by atoms with Crippen LogP contribution in [0.1, 0.15) is 12.5 Å². The Morgan fingerprint density at radius 2 is 2.33 bits per heavy atom. The molecule has 0 aliphatic carbocycles. The zero-order valence-electron chi connectivity index (χ0n) is 9.60. The largest absolute Gasteiger partial charge is 0.504 e. The van der Waals surface area contributed by atoms with E-state index in [-0.39, 0.29) is 11.0 Å². The molecular weight excluding hydrogens is 270 g/mol. The SMILES string of the molecule is CCOc1cc(C=C2SC(=O)NC2=S)ccc1O. The molecule has 0 aromatic heterocycles. The second-order valence-electron chi connectivity index (χ2n) is 3.51. The first-order valence-corrected chi connectivity index (χ1v) is 6.53. The predicted molar refractivity (Wildman–Crippen MR) is 76.0 cm³/mol. The number of carbonyl (C=O) groups is 1. The summed E-state index contributed by atoms with van der Waals surface area (Å²) < 4.78 is 5.29. The molecule has 0 unspecified atom stereocenters. The van der Waals surface area contributed by atoms with Crippen molar-refractivity contribution in [3.05, 3.63) is 28.7 Å². The lowest BCUT2D eigenvalue weighted by atomic mass is 10.2. The van der Waals surface area contributed by atoms with Gasteiger partial charge in [0.2, 0.25) is 0 Å². The van der Waals surface area contributed by atoms with Crippen LogP contribution in [0.2, 0.25) is 0 Å². The van der Waals surface area contributed by atoms with E-state index in [4.69, 9.17) is 17.0 Å². The first-order chi connectivity index (χ1) is 8.60. The topological polar surface area (TPSA) is 58.6 Å². The van der Waals surface area contributed by atoms with E-state index in [2.05, 4.69) is 5.32 Å². The fraction of sp³-hybridized carbons (Fsp3) is 0.167. The summed E-state index contributed by atoms with van der Waals surface area (Å²) in [6, 6.07) is 4.99. The molecule has 18 heavy (non-hydrogen) atoms. The third kappa shape index (κ3) is 2.83. The average Bonchev–Trinajstić information content (AvgIpc) is 2.62. The molecule has 0 atom stereocenters. The number of nitrogens with one attached hydrogen (secondary N) is 1. The third-order valence-electron chi connectivity index (χ3n) is 2.22. The molecule has 1 heterocycles. The molecule has 1 aromatic rings. The Kier molecular flexibility index (Phi) is 3.88. The predicted octanol–water partition coefficient (Wildman–Crippen LogP) is 2.92. The number of hydrogen-bond acceptors (Lipinski definition) is 5. The summed E-state index contributed by atoms with van der Waals surface area (Å²) >= 11 is 6.08. The number of amides is 1. The lowest BCUT2D eigenvalue weighted by Crippen LogP contribution is -2.15. The van der Waals surface area contributed by atoms with E-state index in [9.17, 15) is 9.90 Å². The number of ether oxygens (including phenoxy) is 1. The zero-order chi connectivity index (χ0) is 13.1. The lowest BCUT2D eigenvalue weighted by Gasteiger charge is -2.06. The highest BCUT2D eigenvalue weighted by molar-refractivity contribution is 8.19. The minimum Gasteiger partial charge on any atom is -0.504 e. The van der Waals surface area contributed by atoms with Gasteiger partial charge in [0, 0.05) is 0 Å². The van der Waals surface area contributed by atoms with Gasteiger partial charge < -0.3 is 15.2 Å². The van der Waals surface area contributed by atoms with Gasteiger partial charge in [-0.3, -0.25) is 4.79 Å². The van der Waals surface area contributed by atoms with Gasteiger partial charge >= 0.3 is 0 Å². The maximum Gasteiger partial charge on any atom is 0.289 e. The van der Waals surface area contributed by atoms with Crippen molar-refractivity contribution in [1.82, 2.24) is 5.32 Å². The second kappa shape index (κ2) is 5.41. The van der Waals surface area contributed by atoms with Gasteiger partial charge in [-0.05, 0) is 42.5 Å². The van der Waals surface area contributed by atoms with E-state index < -0.39 is 0 Å². The normalized spacial score (nSPS) is 17.1. The van der Waals surface area contributed by atoms with Crippen LogP contribution in [0.15, 0.2) is 23.1 Å². The number of carbonyl (C=O) groups excluding carboxylic acids is 1. The minimum absolute atomic E-state index is 0.0925. The summed E-state index contributed by atoms with van der Waals surface area (Å²) in [6.45, 7) is 2.32. The molecule has 2 rings (SSSR count). The Morgan fingerprint density at radius 3 is 2.94 bits per heavy atom. The molecule has 1 aliphatic heterocycles. The number of aromatic hydroxyl groups is 1. The molecule has 0 spiro atoms. The number of benzene rings is 1. The number of rotatable bonds is 3. The highest BCUT2D eigenvalue weighted by atomic mass is 32.2. The number of thioether (sulfide) groups is 1. The van der Waals surface area contributed by atoms with E-state index in [0.29, 0.717) is 22.3 Å². The summed E-state index contributed by atoms with van der Waals surface area (Å²) in [6.07, 6.45) is 1.78. The van der Waals surface area contributed by atoms with E-state index in [0.717, 1.165) is 17.3 Å². The van der Waals surface area contributed by atoms with Gasteiger partial charge in [-0.15, -0.1) is 0 Å². The molecule has 4 nitrogen and oxygen atoms in total. The van der Waals surface area contributed by atoms with Crippen LogP contribution in [0.25, 0.3) is 6.08 Å². The van der Waals surface area contributed by atoms with Crippen LogP contribution in [0.4, 0.5) is 4.79 Å². The number of phenols is 1. The molecule has 0 radical (unpaired) electrons. The molecule has 0 saturated carbocycles. The highest BCUT2D eigenvalue weighted by Crippen LogP contribution is 2.31. The van der Waals surface area contributed by atoms with Gasteiger partial charge in [0.1, 0.15) is 4.99 Å². The number of thiocarbonyl (C=S) groups is 1. The second-order valence-corrected chi connectivity index (χ2v) is 4.94. The highest BCUT2D eigenvalue weighted by Gasteiger charge is 2.21. The van der Waals surface area contributed by atoms with Crippen molar-refractivity contribution in [1.29, 1.82) is 0 Å². The van der Waals surface area contributed by atoms with Crippen molar-refractivity contribution in [2.75, 3.05) is 6.61 Å². The van der Waals surface area contributed by atoms with Gasteiger partial charge in [-0.2, -0.15) is 0 Å². The molecule has 1 saturated heterocycles. The summed E-state index contributed by atoms with van der Waals surface area (Å²) in [5.41, 5.74) is 0.817. The fourth-order valence-electron chi connectivity index (χ4n) is 1.46. The summed E-state index contributed by atoms with van der Waals surface area (Å²) in [4.78, 5) is 12.3. The van der Waals surface area contributed by atoms with Crippen LogP contribution in [0.5, 0.6) is 11.5 Å². The first-order valence-electron chi connectivity index (χ1n) is 5.31. The monoisotopic (exact) mass is 281 g/mol. The Balaban J connectivity index is 2.29. The minimum atomic E-state index is -0.171. The first kappa shape index (κ1) is 12.9. The Hall–Kier alpha value is -1.53. The van der Waals surface area contributed by atoms with Gasteiger partial charge in [0.25, 0.3) is 5.24 Å². The molecule has 1 aliphatic rings. The molecular formula is C12H11NO3S2.